The fourth-order valence-electron chi connectivity index (χ4n) is 1.24. The fourth-order valence-corrected chi connectivity index (χ4v) is 1.24. The molecule has 0 fully saturated rings. The predicted molar refractivity (Wildman–Crippen MR) is 50.6 cm³/mol. The first-order valence-electron chi connectivity index (χ1n) is 4.19. The first kappa shape index (κ1) is 8.88. The SMILES string of the molecule is Fc1ccc(-c2[c]cccc2)cc1F. The molecule has 0 aromatic heterocycles. The van der Waals surface area contributed by atoms with Gasteiger partial charge in [-0.05, 0) is 29.3 Å². The lowest BCUT2D eigenvalue weighted by Crippen LogP contribution is -1.84. The summed E-state index contributed by atoms with van der Waals surface area (Å²) in [5.74, 6) is -1.66. The number of benzene rings is 2. The van der Waals surface area contributed by atoms with Crippen LogP contribution in [-0.2, 0) is 0 Å². The summed E-state index contributed by atoms with van der Waals surface area (Å²) < 4.78 is 25.5. The Labute approximate surface area is 80.8 Å². The molecule has 69 valence electrons. The zero-order valence-corrected chi connectivity index (χ0v) is 7.30. The summed E-state index contributed by atoms with van der Waals surface area (Å²) in [6.45, 7) is 0. The Kier molecular flexibility index (Phi) is 2.27. The Morgan fingerprint density at radius 3 is 2.43 bits per heavy atom. The van der Waals surface area contributed by atoms with Gasteiger partial charge in [0.1, 0.15) is 0 Å². The molecule has 0 atom stereocenters. The van der Waals surface area contributed by atoms with Crippen molar-refractivity contribution < 1.29 is 8.78 Å². The van der Waals surface area contributed by atoms with Crippen molar-refractivity contribution in [3.05, 3.63) is 60.2 Å². The van der Waals surface area contributed by atoms with E-state index in [-0.39, 0.29) is 0 Å². The molecular weight excluding hydrogens is 182 g/mol. The van der Waals surface area contributed by atoms with Gasteiger partial charge in [-0.2, -0.15) is 0 Å². The molecule has 14 heavy (non-hydrogen) atoms. The minimum absolute atomic E-state index is 0.629. The van der Waals surface area contributed by atoms with E-state index in [1.54, 1.807) is 12.1 Å². The molecule has 0 saturated heterocycles. The first-order valence-corrected chi connectivity index (χ1v) is 4.19. The third-order valence-electron chi connectivity index (χ3n) is 1.94. The molecule has 0 amide bonds. The van der Waals surface area contributed by atoms with Gasteiger partial charge in [0.05, 0.1) is 0 Å². The van der Waals surface area contributed by atoms with Gasteiger partial charge in [0.15, 0.2) is 11.6 Å². The van der Waals surface area contributed by atoms with Gasteiger partial charge in [0, 0.05) is 0 Å². The number of halogens is 2. The second-order valence-electron chi connectivity index (χ2n) is 2.91. The van der Waals surface area contributed by atoms with E-state index in [1.165, 1.54) is 12.1 Å². The largest absolute Gasteiger partial charge is 0.204 e. The lowest BCUT2D eigenvalue weighted by atomic mass is 10.1. The Morgan fingerprint density at radius 2 is 1.79 bits per heavy atom. The average molecular weight is 189 g/mol. The molecule has 2 aromatic rings. The van der Waals surface area contributed by atoms with Crippen LogP contribution in [0, 0.1) is 17.7 Å². The first-order chi connectivity index (χ1) is 6.77. The van der Waals surface area contributed by atoms with Crippen molar-refractivity contribution >= 4 is 0 Å². The highest BCUT2D eigenvalue weighted by atomic mass is 19.2. The van der Waals surface area contributed by atoms with Gasteiger partial charge in [-0.25, -0.2) is 8.78 Å². The Balaban J connectivity index is 2.48. The normalized spacial score (nSPS) is 10.1. The van der Waals surface area contributed by atoms with E-state index in [0.717, 1.165) is 11.6 Å². The maximum Gasteiger partial charge on any atom is 0.159 e. The van der Waals surface area contributed by atoms with Crippen LogP contribution in [0.15, 0.2) is 42.5 Å². The van der Waals surface area contributed by atoms with Crippen LogP contribution >= 0.6 is 0 Å². The molecule has 2 aromatic carbocycles. The van der Waals surface area contributed by atoms with Gasteiger partial charge >= 0.3 is 0 Å². The average Bonchev–Trinajstić information content (AvgIpc) is 2.23. The van der Waals surface area contributed by atoms with E-state index in [2.05, 4.69) is 6.07 Å². The monoisotopic (exact) mass is 189 g/mol. The van der Waals surface area contributed by atoms with Crippen LogP contribution in [0.2, 0.25) is 0 Å². The molecule has 0 aliphatic rings. The molecule has 0 aliphatic carbocycles. The van der Waals surface area contributed by atoms with Crippen LogP contribution in [0.5, 0.6) is 0 Å². The summed E-state index contributed by atoms with van der Waals surface area (Å²) in [6, 6.07) is 13.9. The van der Waals surface area contributed by atoms with Crippen molar-refractivity contribution in [1.82, 2.24) is 0 Å². The van der Waals surface area contributed by atoms with E-state index < -0.39 is 11.6 Å². The lowest BCUT2D eigenvalue weighted by Gasteiger charge is -2.00. The van der Waals surface area contributed by atoms with Crippen molar-refractivity contribution in [2.45, 2.75) is 0 Å². The van der Waals surface area contributed by atoms with Crippen molar-refractivity contribution in [1.29, 1.82) is 0 Å². The highest BCUT2D eigenvalue weighted by Crippen LogP contribution is 2.20. The van der Waals surface area contributed by atoms with Crippen molar-refractivity contribution in [3.8, 4) is 11.1 Å². The Bertz CT molecular complexity index is 435. The number of hydrogen-bond acceptors (Lipinski definition) is 0. The van der Waals surface area contributed by atoms with E-state index in [1.807, 2.05) is 12.1 Å². The molecule has 0 heterocycles. The van der Waals surface area contributed by atoms with E-state index in [0.29, 0.717) is 5.56 Å². The molecule has 0 nitrogen and oxygen atoms in total. The smallest absolute Gasteiger partial charge is 0.159 e. The van der Waals surface area contributed by atoms with Gasteiger partial charge < -0.3 is 0 Å². The summed E-state index contributed by atoms with van der Waals surface area (Å²) in [7, 11) is 0. The third-order valence-corrected chi connectivity index (χ3v) is 1.94. The zero-order chi connectivity index (χ0) is 9.97. The molecule has 0 unspecified atom stereocenters. The molecule has 2 heteroatoms. The third kappa shape index (κ3) is 1.64. The van der Waals surface area contributed by atoms with Crippen LogP contribution < -0.4 is 0 Å². The Hall–Kier alpha value is -1.70. The summed E-state index contributed by atoms with van der Waals surface area (Å²) in [6.07, 6.45) is 0. The van der Waals surface area contributed by atoms with E-state index in [4.69, 9.17) is 0 Å². The minimum Gasteiger partial charge on any atom is -0.204 e. The van der Waals surface area contributed by atoms with Gasteiger partial charge in [-0.3, -0.25) is 0 Å². The zero-order valence-electron chi connectivity index (χ0n) is 7.30. The van der Waals surface area contributed by atoms with Crippen LogP contribution in [0.4, 0.5) is 8.78 Å². The van der Waals surface area contributed by atoms with Gasteiger partial charge in [0.25, 0.3) is 0 Å². The van der Waals surface area contributed by atoms with E-state index >= 15 is 0 Å². The topological polar surface area (TPSA) is 0 Å². The highest BCUT2D eigenvalue weighted by molar-refractivity contribution is 5.62. The van der Waals surface area contributed by atoms with Crippen molar-refractivity contribution in [2.24, 2.45) is 0 Å². The summed E-state index contributed by atoms with van der Waals surface area (Å²) >= 11 is 0. The second kappa shape index (κ2) is 3.58. The molecule has 0 aliphatic heterocycles. The number of hydrogen-bond donors (Lipinski definition) is 0. The molecule has 2 rings (SSSR count). The second-order valence-corrected chi connectivity index (χ2v) is 2.91. The quantitative estimate of drug-likeness (QED) is 0.644. The summed E-state index contributed by atoms with van der Waals surface area (Å²) in [4.78, 5) is 0. The van der Waals surface area contributed by atoms with E-state index in [9.17, 15) is 8.78 Å². The molecule has 0 saturated carbocycles. The lowest BCUT2D eigenvalue weighted by molar-refractivity contribution is 0.509. The molecule has 1 radical (unpaired) electrons. The van der Waals surface area contributed by atoms with Crippen LogP contribution in [-0.4, -0.2) is 0 Å². The fraction of sp³-hybridized carbons (Fsp3) is 0. The highest BCUT2D eigenvalue weighted by Gasteiger charge is 2.03. The minimum atomic E-state index is -0.834. The maximum atomic E-state index is 12.9. The van der Waals surface area contributed by atoms with Crippen molar-refractivity contribution in [3.63, 3.8) is 0 Å². The van der Waals surface area contributed by atoms with Gasteiger partial charge in [-0.1, -0.05) is 30.3 Å². The van der Waals surface area contributed by atoms with Gasteiger partial charge in [0.2, 0.25) is 0 Å². The maximum absolute atomic E-state index is 12.9. The standard InChI is InChI=1S/C12H7F2/c13-11-7-6-10(8-12(11)14)9-4-2-1-3-5-9/h1-4,6-8H. The van der Waals surface area contributed by atoms with Crippen molar-refractivity contribution in [2.75, 3.05) is 0 Å². The predicted octanol–water partition coefficient (Wildman–Crippen LogP) is 3.43. The number of rotatable bonds is 1. The van der Waals surface area contributed by atoms with Crippen LogP contribution in [0.1, 0.15) is 0 Å². The van der Waals surface area contributed by atoms with Crippen LogP contribution in [0.3, 0.4) is 0 Å². The summed E-state index contributed by atoms with van der Waals surface area (Å²) in [5.41, 5.74) is 1.39. The van der Waals surface area contributed by atoms with Gasteiger partial charge in [-0.15, -0.1) is 0 Å². The molecule has 0 spiro atoms. The Morgan fingerprint density at radius 1 is 0.929 bits per heavy atom. The molecule has 0 bridgehead atoms. The summed E-state index contributed by atoms with van der Waals surface area (Å²) in [5, 5.41) is 0. The molecular formula is C12H7F2. The molecule has 0 N–H and O–H groups in total. The van der Waals surface area contributed by atoms with Crippen LogP contribution in [0.25, 0.3) is 11.1 Å².